The van der Waals surface area contributed by atoms with Gasteiger partial charge in [0.15, 0.2) is 10.9 Å². The number of aryl methyl sites for hydroxylation is 1. The zero-order chi connectivity index (χ0) is 14.6. The monoisotopic (exact) mass is 300 g/mol. The fourth-order valence-electron chi connectivity index (χ4n) is 1.56. The van der Waals surface area contributed by atoms with Crippen LogP contribution in [0.25, 0.3) is 0 Å². The number of hydrogen-bond donors (Lipinski definition) is 3. The van der Waals surface area contributed by atoms with Gasteiger partial charge in [0.1, 0.15) is 0 Å². The van der Waals surface area contributed by atoms with E-state index in [1.54, 1.807) is 6.92 Å². The van der Waals surface area contributed by atoms with Crippen molar-refractivity contribution in [3.63, 3.8) is 0 Å². The van der Waals surface area contributed by atoms with Crippen molar-refractivity contribution in [1.82, 2.24) is 30.4 Å². The third-order valence-electron chi connectivity index (χ3n) is 2.50. The molecule has 0 aliphatic rings. The van der Waals surface area contributed by atoms with Crippen molar-refractivity contribution < 1.29 is 12.9 Å². The number of rotatable bonds is 7. The van der Waals surface area contributed by atoms with Crippen molar-refractivity contribution in [2.45, 2.75) is 32.0 Å². The van der Waals surface area contributed by atoms with E-state index in [1.165, 1.54) is 6.20 Å². The number of aromatic nitrogens is 4. The molecule has 0 saturated carbocycles. The molecule has 0 fully saturated rings. The van der Waals surface area contributed by atoms with E-state index >= 15 is 0 Å². The Morgan fingerprint density at radius 2 is 2.20 bits per heavy atom. The van der Waals surface area contributed by atoms with Crippen LogP contribution in [0, 0.1) is 6.92 Å². The van der Waals surface area contributed by atoms with Gasteiger partial charge in [0.25, 0.3) is 10.0 Å². The highest BCUT2D eigenvalue weighted by Crippen LogP contribution is 2.11. The second-order valence-electron chi connectivity index (χ2n) is 4.06. The standard InChI is InChI=1S/C10H16N6O3S/c1-3-11-4-8-5-12-15-10(8)20(17,18)13-6-9-14-7(2)19-16-9/h5,11,13H,3-4,6H2,1-2H3,(H,12,15). The Balaban J connectivity index is 2.08. The zero-order valence-electron chi connectivity index (χ0n) is 11.2. The summed E-state index contributed by atoms with van der Waals surface area (Å²) >= 11 is 0. The minimum absolute atomic E-state index is 0.0404. The normalized spacial score (nSPS) is 11.9. The Hall–Kier alpha value is -1.78. The molecule has 2 heterocycles. The van der Waals surface area contributed by atoms with Crippen LogP contribution >= 0.6 is 0 Å². The summed E-state index contributed by atoms with van der Waals surface area (Å²) in [6, 6.07) is 0. The first-order valence-electron chi connectivity index (χ1n) is 6.04. The van der Waals surface area contributed by atoms with Gasteiger partial charge in [-0.25, -0.2) is 13.1 Å². The third kappa shape index (κ3) is 3.40. The van der Waals surface area contributed by atoms with Crippen LogP contribution in [0.3, 0.4) is 0 Å². The molecule has 0 saturated heterocycles. The molecule has 0 aromatic carbocycles. The molecule has 0 aliphatic heterocycles. The lowest BCUT2D eigenvalue weighted by molar-refractivity contribution is 0.387. The Kier molecular flexibility index (Phi) is 4.47. The average Bonchev–Trinajstić information content (AvgIpc) is 3.03. The Bertz CT molecular complexity index is 662. The van der Waals surface area contributed by atoms with E-state index in [2.05, 4.69) is 30.4 Å². The van der Waals surface area contributed by atoms with Gasteiger partial charge < -0.3 is 9.84 Å². The van der Waals surface area contributed by atoms with Crippen molar-refractivity contribution in [3.05, 3.63) is 23.5 Å². The lowest BCUT2D eigenvalue weighted by Crippen LogP contribution is -2.26. The molecule has 0 spiro atoms. The SMILES string of the molecule is CCNCc1cn[nH]c1S(=O)(=O)NCc1noc(C)n1. The lowest BCUT2D eigenvalue weighted by Gasteiger charge is -2.05. The highest BCUT2D eigenvalue weighted by atomic mass is 32.2. The van der Waals surface area contributed by atoms with Gasteiger partial charge >= 0.3 is 0 Å². The molecular weight excluding hydrogens is 284 g/mol. The van der Waals surface area contributed by atoms with Gasteiger partial charge in [-0.15, -0.1) is 0 Å². The quantitative estimate of drug-likeness (QED) is 0.640. The summed E-state index contributed by atoms with van der Waals surface area (Å²) in [5, 5.41) is 13.0. The van der Waals surface area contributed by atoms with Crippen molar-refractivity contribution in [1.29, 1.82) is 0 Å². The van der Waals surface area contributed by atoms with Crippen LogP contribution in [0.4, 0.5) is 0 Å². The highest BCUT2D eigenvalue weighted by molar-refractivity contribution is 7.89. The van der Waals surface area contributed by atoms with E-state index in [-0.39, 0.29) is 17.4 Å². The van der Waals surface area contributed by atoms with E-state index in [0.29, 0.717) is 18.0 Å². The third-order valence-corrected chi connectivity index (χ3v) is 3.92. The van der Waals surface area contributed by atoms with Crippen molar-refractivity contribution in [3.8, 4) is 0 Å². The van der Waals surface area contributed by atoms with Gasteiger partial charge in [0.05, 0.1) is 12.7 Å². The van der Waals surface area contributed by atoms with E-state index < -0.39 is 10.0 Å². The molecule has 0 atom stereocenters. The fourth-order valence-corrected chi connectivity index (χ4v) is 2.67. The smallest absolute Gasteiger partial charge is 0.258 e. The molecule has 0 radical (unpaired) electrons. The summed E-state index contributed by atoms with van der Waals surface area (Å²) in [4.78, 5) is 3.92. The number of hydrogen-bond acceptors (Lipinski definition) is 7. The van der Waals surface area contributed by atoms with Gasteiger partial charge in [0, 0.05) is 19.0 Å². The van der Waals surface area contributed by atoms with Crippen LogP contribution in [-0.2, 0) is 23.1 Å². The lowest BCUT2D eigenvalue weighted by atomic mass is 10.3. The molecule has 10 heteroatoms. The molecule has 0 amide bonds. The molecule has 20 heavy (non-hydrogen) atoms. The molecule has 0 unspecified atom stereocenters. The van der Waals surface area contributed by atoms with Gasteiger partial charge in [0.2, 0.25) is 5.89 Å². The van der Waals surface area contributed by atoms with E-state index in [0.717, 1.165) is 6.54 Å². The fraction of sp³-hybridized carbons (Fsp3) is 0.500. The van der Waals surface area contributed by atoms with Crippen LogP contribution in [0.1, 0.15) is 24.2 Å². The summed E-state index contributed by atoms with van der Waals surface area (Å²) in [5.41, 5.74) is 0.573. The molecule has 2 rings (SSSR count). The average molecular weight is 300 g/mol. The maximum Gasteiger partial charge on any atom is 0.258 e. The topological polar surface area (TPSA) is 126 Å². The van der Waals surface area contributed by atoms with Crippen molar-refractivity contribution in [2.75, 3.05) is 6.54 Å². The van der Waals surface area contributed by atoms with Gasteiger partial charge in [-0.3, -0.25) is 5.10 Å². The minimum atomic E-state index is -3.70. The number of nitrogens with zero attached hydrogens (tertiary/aromatic N) is 3. The van der Waals surface area contributed by atoms with Crippen molar-refractivity contribution >= 4 is 10.0 Å². The van der Waals surface area contributed by atoms with Crippen LogP contribution < -0.4 is 10.0 Å². The van der Waals surface area contributed by atoms with Crippen LogP contribution in [-0.4, -0.2) is 35.3 Å². The first kappa shape index (κ1) is 14.6. The summed E-state index contributed by atoms with van der Waals surface area (Å²) in [6.07, 6.45) is 1.48. The molecule has 0 bridgehead atoms. The molecule has 2 aromatic rings. The maximum absolute atomic E-state index is 12.2. The number of H-pyrrole nitrogens is 1. The highest BCUT2D eigenvalue weighted by Gasteiger charge is 2.21. The van der Waals surface area contributed by atoms with Gasteiger partial charge in [-0.05, 0) is 6.54 Å². The number of sulfonamides is 1. The van der Waals surface area contributed by atoms with E-state index in [4.69, 9.17) is 4.52 Å². The second-order valence-corrected chi connectivity index (χ2v) is 5.76. The Morgan fingerprint density at radius 1 is 1.40 bits per heavy atom. The summed E-state index contributed by atoms with van der Waals surface area (Å²) in [5.74, 6) is 0.660. The first-order chi connectivity index (χ1) is 9.53. The van der Waals surface area contributed by atoms with E-state index in [1.807, 2.05) is 6.92 Å². The first-order valence-corrected chi connectivity index (χ1v) is 7.53. The minimum Gasteiger partial charge on any atom is -0.340 e. The van der Waals surface area contributed by atoms with Crippen LogP contribution in [0.15, 0.2) is 15.7 Å². The zero-order valence-corrected chi connectivity index (χ0v) is 12.0. The molecular formula is C10H16N6O3S. The van der Waals surface area contributed by atoms with Crippen LogP contribution in [0.5, 0.6) is 0 Å². The van der Waals surface area contributed by atoms with Crippen molar-refractivity contribution in [2.24, 2.45) is 0 Å². The second kappa shape index (κ2) is 6.11. The Morgan fingerprint density at radius 3 is 2.85 bits per heavy atom. The number of nitrogens with one attached hydrogen (secondary N) is 3. The molecule has 2 aromatic heterocycles. The van der Waals surface area contributed by atoms with E-state index in [9.17, 15) is 8.42 Å². The molecule has 0 aliphatic carbocycles. The molecule has 3 N–H and O–H groups in total. The molecule has 110 valence electrons. The van der Waals surface area contributed by atoms with Crippen LogP contribution in [0.2, 0.25) is 0 Å². The summed E-state index contributed by atoms with van der Waals surface area (Å²) < 4.78 is 31.5. The molecule has 9 nitrogen and oxygen atoms in total. The predicted octanol–water partition coefficient (Wildman–Crippen LogP) is -0.311. The maximum atomic E-state index is 12.2. The predicted molar refractivity (Wildman–Crippen MR) is 69.0 cm³/mol. The Labute approximate surface area is 116 Å². The number of aromatic amines is 1. The van der Waals surface area contributed by atoms with Gasteiger partial charge in [-0.1, -0.05) is 12.1 Å². The summed E-state index contributed by atoms with van der Waals surface area (Å²) in [7, 11) is -3.70. The largest absolute Gasteiger partial charge is 0.340 e. The summed E-state index contributed by atoms with van der Waals surface area (Å²) in [6.45, 7) is 4.68. The van der Waals surface area contributed by atoms with Gasteiger partial charge in [-0.2, -0.15) is 10.1 Å².